The number of piperidine rings is 1. The molecule has 30 heavy (non-hydrogen) atoms. The molecule has 6 nitrogen and oxygen atoms in total. The van der Waals surface area contributed by atoms with E-state index in [9.17, 15) is 9.59 Å². The second kappa shape index (κ2) is 9.19. The summed E-state index contributed by atoms with van der Waals surface area (Å²) in [5, 5.41) is 0. The molecule has 6 heteroatoms. The van der Waals surface area contributed by atoms with E-state index in [1.165, 1.54) is 12.8 Å². The number of hydrogen-bond acceptors (Lipinski definition) is 3. The molecule has 0 saturated carbocycles. The molecule has 2 aliphatic rings. The normalized spacial score (nSPS) is 21.5. The Morgan fingerprint density at radius 3 is 2.50 bits per heavy atom. The Bertz CT molecular complexity index is 898. The molecule has 2 aromatic rings. The third-order valence-corrected chi connectivity index (χ3v) is 6.72. The van der Waals surface area contributed by atoms with E-state index in [2.05, 4.69) is 20.5 Å². The Labute approximate surface area is 179 Å². The molecule has 4 rings (SSSR count). The maximum atomic E-state index is 13.2. The van der Waals surface area contributed by atoms with Gasteiger partial charge in [0.15, 0.2) is 0 Å². The van der Waals surface area contributed by atoms with Gasteiger partial charge in [0.1, 0.15) is 5.82 Å². The van der Waals surface area contributed by atoms with Crippen molar-refractivity contribution in [2.24, 2.45) is 11.8 Å². The fourth-order valence-corrected chi connectivity index (χ4v) is 5.02. The van der Waals surface area contributed by atoms with Gasteiger partial charge in [-0.1, -0.05) is 31.9 Å². The molecule has 1 aromatic heterocycles. The average Bonchev–Trinajstić information content (AvgIpc) is 2.93. The fourth-order valence-electron chi connectivity index (χ4n) is 5.02. The second-order valence-electron chi connectivity index (χ2n) is 9.02. The van der Waals surface area contributed by atoms with Crippen LogP contribution in [0, 0.1) is 18.8 Å². The number of hydrogen-bond donors (Lipinski definition) is 0. The highest BCUT2D eigenvalue weighted by atomic mass is 16.2. The van der Waals surface area contributed by atoms with Crippen molar-refractivity contribution in [2.45, 2.75) is 58.9 Å². The minimum absolute atomic E-state index is 0.0381. The number of imidazole rings is 1. The highest BCUT2D eigenvalue weighted by molar-refractivity contribution is 5.82. The standard InChI is InChI=1S/C24H34N4O2/c1-18(16-28-19(2)25-21-11-5-6-12-22(21)28)23(29)27-15-9-10-20(17-27)24(30)26-13-7-3-4-8-14-26/h5-6,11-12,18,20H,3-4,7-10,13-17H2,1-2H3/t18-,20-/m0/s1. The van der Waals surface area contributed by atoms with Crippen LogP contribution in [0.25, 0.3) is 11.0 Å². The molecule has 0 N–H and O–H groups in total. The lowest BCUT2D eigenvalue weighted by molar-refractivity contribution is -0.142. The number of aryl methyl sites for hydroxylation is 1. The lowest BCUT2D eigenvalue weighted by Crippen LogP contribution is -2.48. The van der Waals surface area contributed by atoms with E-state index >= 15 is 0 Å². The van der Waals surface area contributed by atoms with Crippen molar-refractivity contribution in [3.63, 3.8) is 0 Å². The Hall–Kier alpha value is -2.37. The summed E-state index contributed by atoms with van der Waals surface area (Å²) in [6.07, 6.45) is 6.47. The van der Waals surface area contributed by atoms with Crippen LogP contribution in [-0.2, 0) is 16.1 Å². The minimum atomic E-state index is -0.145. The van der Waals surface area contributed by atoms with E-state index < -0.39 is 0 Å². The predicted octanol–water partition coefficient (Wildman–Crippen LogP) is 3.62. The molecule has 2 saturated heterocycles. The van der Waals surface area contributed by atoms with Crippen molar-refractivity contribution >= 4 is 22.8 Å². The van der Waals surface area contributed by atoms with Gasteiger partial charge in [0.05, 0.1) is 22.9 Å². The van der Waals surface area contributed by atoms with E-state index in [0.29, 0.717) is 13.1 Å². The molecule has 0 unspecified atom stereocenters. The lowest BCUT2D eigenvalue weighted by atomic mass is 9.95. The number of nitrogens with zero attached hydrogens (tertiary/aromatic N) is 4. The van der Waals surface area contributed by atoms with Gasteiger partial charge in [-0.3, -0.25) is 9.59 Å². The molecule has 1 aromatic carbocycles. The van der Waals surface area contributed by atoms with Gasteiger partial charge in [0, 0.05) is 32.7 Å². The Balaban J connectivity index is 1.41. The number of carbonyl (C=O) groups is 2. The summed E-state index contributed by atoms with van der Waals surface area (Å²) in [7, 11) is 0. The molecule has 2 amide bonds. The molecular weight excluding hydrogens is 376 g/mol. The van der Waals surface area contributed by atoms with Crippen molar-refractivity contribution in [2.75, 3.05) is 26.2 Å². The summed E-state index contributed by atoms with van der Waals surface area (Å²) in [6.45, 7) is 7.70. The van der Waals surface area contributed by atoms with Crippen LogP contribution >= 0.6 is 0 Å². The third kappa shape index (κ3) is 4.37. The van der Waals surface area contributed by atoms with Crippen LogP contribution in [0.5, 0.6) is 0 Å². The van der Waals surface area contributed by atoms with Crippen LogP contribution in [0.15, 0.2) is 24.3 Å². The zero-order valence-corrected chi connectivity index (χ0v) is 18.3. The summed E-state index contributed by atoms with van der Waals surface area (Å²) < 4.78 is 2.14. The quantitative estimate of drug-likeness (QED) is 0.773. The fraction of sp³-hybridized carbons (Fsp3) is 0.625. The number of amides is 2. The molecule has 2 atom stereocenters. The van der Waals surface area contributed by atoms with Gasteiger partial charge in [-0.25, -0.2) is 4.98 Å². The van der Waals surface area contributed by atoms with Crippen LogP contribution in [0.1, 0.15) is 51.3 Å². The van der Waals surface area contributed by atoms with Gasteiger partial charge in [0.25, 0.3) is 0 Å². The number of rotatable bonds is 4. The number of benzene rings is 1. The maximum absolute atomic E-state index is 13.2. The van der Waals surface area contributed by atoms with E-state index in [-0.39, 0.29) is 23.7 Å². The molecule has 3 heterocycles. The first-order chi connectivity index (χ1) is 14.5. The Morgan fingerprint density at radius 1 is 1.03 bits per heavy atom. The van der Waals surface area contributed by atoms with Gasteiger partial charge in [-0.15, -0.1) is 0 Å². The first kappa shape index (κ1) is 20.9. The number of para-hydroxylation sites is 2. The zero-order chi connectivity index (χ0) is 21.1. The van der Waals surface area contributed by atoms with Gasteiger partial charge >= 0.3 is 0 Å². The SMILES string of the molecule is Cc1nc2ccccc2n1C[C@H](C)C(=O)N1CCC[C@H](C(=O)N2CCCCCC2)C1. The molecule has 0 aliphatic carbocycles. The lowest BCUT2D eigenvalue weighted by Gasteiger charge is -2.36. The van der Waals surface area contributed by atoms with E-state index in [4.69, 9.17) is 0 Å². The van der Waals surface area contributed by atoms with Crippen molar-refractivity contribution in [3.8, 4) is 0 Å². The molecule has 2 fully saturated rings. The highest BCUT2D eigenvalue weighted by Gasteiger charge is 2.33. The third-order valence-electron chi connectivity index (χ3n) is 6.72. The van der Waals surface area contributed by atoms with Crippen LogP contribution < -0.4 is 0 Å². The van der Waals surface area contributed by atoms with Gasteiger partial charge in [-0.05, 0) is 44.7 Å². The summed E-state index contributed by atoms with van der Waals surface area (Å²) in [5.74, 6) is 1.17. The van der Waals surface area contributed by atoms with Gasteiger partial charge in [0.2, 0.25) is 11.8 Å². The molecular formula is C24H34N4O2. The number of likely N-dealkylation sites (tertiary alicyclic amines) is 2. The minimum Gasteiger partial charge on any atom is -0.342 e. The van der Waals surface area contributed by atoms with Gasteiger partial charge in [-0.2, -0.15) is 0 Å². The molecule has 2 aliphatic heterocycles. The van der Waals surface area contributed by atoms with Crippen LogP contribution in [-0.4, -0.2) is 57.3 Å². The summed E-state index contributed by atoms with van der Waals surface area (Å²) in [4.78, 5) is 34.9. The highest BCUT2D eigenvalue weighted by Crippen LogP contribution is 2.24. The zero-order valence-electron chi connectivity index (χ0n) is 18.3. The smallest absolute Gasteiger partial charge is 0.227 e. The topological polar surface area (TPSA) is 58.4 Å². The van der Waals surface area contributed by atoms with E-state index in [1.54, 1.807) is 0 Å². The van der Waals surface area contributed by atoms with Crippen LogP contribution in [0.4, 0.5) is 0 Å². The second-order valence-corrected chi connectivity index (χ2v) is 9.02. The first-order valence-electron chi connectivity index (χ1n) is 11.5. The van der Waals surface area contributed by atoms with Crippen LogP contribution in [0.3, 0.4) is 0 Å². The number of carbonyl (C=O) groups excluding carboxylic acids is 2. The van der Waals surface area contributed by atoms with Crippen molar-refractivity contribution in [3.05, 3.63) is 30.1 Å². The largest absolute Gasteiger partial charge is 0.342 e. The van der Waals surface area contributed by atoms with E-state index in [0.717, 1.165) is 62.2 Å². The molecule has 162 valence electrons. The Kier molecular flexibility index (Phi) is 6.40. The van der Waals surface area contributed by atoms with Crippen molar-refractivity contribution in [1.82, 2.24) is 19.4 Å². The summed E-state index contributed by atoms with van der Waals surface area (Å²) >= 11 is 0. The monoisotopic (exact) mass is 410 g/mol. The van der Waals surface area contributed by atoms with Gasteiger partial charge < -0.3 is 14.4 Å². The maximum Gasteiger partial charge on any atom is 0.227 e. The van der Waals surface area contributed by atoms with Crippen molar-refractivity contribution < 1.29 is 9.59 Å². The first-order valence-corrected chi connectivity index (χ1v) is 11.5. The van der Waals surface area contributed by atoms with E-state index in [1.807, 2.05) is 36.9 Å². The Morgan fingerprint density at radius 2 is 1.73 bits per heavy atom. The summed E-state index contributed by atoms with van der Waals surface area (Å²) in [6, 6.07) is 8.07. The van der Waals surface area contributed by atoms with Crippen LogP contribution in [0.2, 0.25) is 0 Å². The average molecular weight is 411 g/mol. The molecule has 0 bridgehead atoms. The molecule has 0 radical (unpaired) electrons. The number of fused-ring (bicyclic) bond motifs is 1. The molecule has 0 spiro atoms. The van der Waals surface area contributed by atoms with Crippen molar-refractivity contribution in [1.29, 1.82) is 0 Å². The predicted molar refractivity (Wildman–Crippen MR) is 118 cm³/mol. The summed E-state index contributed by atoms with van der Waals surface area (Å²) in [5.41, 5.74) is 2.04. The number of aromatic nitrogens is 2.